The third-order valence-corrected chi connectivity index (χ3v) is 7.45. The van der Waals surface area contributed by atoms with Crippen molar-refractivity contribution in [3.05, 3.63) is 23.8 Å². The van der Waals surface area contributed by atoms with E-state index in [9.17, 15) is 13.2 Å². The van der Waals surface area contributed by atoms with Crippen LogP contribution in [0.2, 0.25) is 0 Å². The summed E-state index contributed by atoms with van der Waals surface area (Å²) in [6.07, 6.45) is 9.62. The molecule has 1 aromatic rings. The van der Waals surface area contributed by atoms with E-state index in [2.05, 4.69) is 5.32 Å². The normalized spacial score (nSPS) is 20.0. The van der Waals surface area contributed by atoms with E-state index in [1.807, 2.05) is 0 Å². The summed E-state index contributed by atoms with van der Waals surface area (Å²) >= 11 is 0. The van der Waals surface area contributed by atoms with E-state index in [0.717, 1.165) is 38.5 Å². The number of benzene rings is 1. The van der Waals surface area contributed by atoms with Crippen LogP contribution in [0.4, 0.5) is 0 Å². The van der Waals surface area contributed by atoms with E-state index < -0.39 is 10.0 Å². The molecule has 1 N–H and O–H groups in total. The van der Waals surface area contributed by atoms with Gasteiger partial charge < -0.3 is 10.1 Å². The van der Waals surface area contributed by atoms with Gasteiger partial charge in [-0.1, -0.05) is 32.1 Å². The number of methoxy groups -OCH3 is 1. The molecule has 150 valence electrons. The second-order valence-electron chi connectivity index (χ2n) is 7.49. The molecule has 3 rings (SSSR count). The fraction of sp³-hybridized carbons (Fsp3) is 0.650. The molecule has 1 saturated carbocycles. The standard InChI is InChI=1S/C20H30N2O4S/c1-26-19-12-11-17(27(24,25)22-13-7-8-14-22)15-18(19)20(23)21-16-9-5-3-2-4-6-10-16/h11-12,15-16H,2-10,13-14H2,1H3,(H,21,23). The van der Waals surface area contributed by atoms with Crippen LogP contribution in [0.25, 0.3) is 0 Å². The van der Waals surface area contributed by atoms with Crippen LogP contribution >= 0.6 is 0 Å². The SMILES string of the molecule is COc1ccc(S(=O)(=O)N2CCCC2)cc1C(=O)NC1CCCCCCC1. The number of rotatable bonds is 5. The maximum atomic E-state index is 12.9. The Bertz CT molecular complexity index is 749. The first-order valence-electron chi connectivity index (χ1n) is 10.0. The van der Waals surface area contributed by atoms with Crippen molar-refractivity contribution in [2.24, 2.45) is 0 Å². The molecule has 1 saturated heterocycles. The van der Waals surface area contributed by atoms with E-state index in [0.29, 0.717) is 24.4 Å². The van der Waals surface area contributed by atoms with Gasteiger partial charge in [-0.15, -0.1) is 0 Å². The molecule has 0 unspecified atom stereocenters. The molecule has 0 radical (unpaired) electrons. The van der Waals surface area contributed by atoms with Crippen LogP contribution in [-0.4, -0.2) is 44.9 Å². The first-order valence-corrected chi connectivity index (χ1v) is 11.5. The van der Waals surface area contributed by atoms with Gasteiger partial charge in [0.15, 0.2) is 0 Å². The smallest absolute Gasteiger partial charge is 0.255 e. The quantitative estimate of drug-likeness (QED) is 0.831. The van der Waals surface area contributed by atoms with Crippen LogP contribution in [-0.2, 0) is 10.0 Å². The Morgan fingerprint density at radius 1 is 1.04 bits per heavy atom. The summed E-state index contributed by atoms with van der Waals surface area (Å²) in [5.74, 6) is 0.148. The molecule has 1 aliphatic carbocycles. The highest BCUT2D eigenvalue weighted by Crippen LogP contribution is 2.27. The Morgan fingerprint density at radius 2 is 1.67 bits per heavy atom. The van der Waals surface area contributed by atoms with Crippen molar-refractivity contribution in [2.75, 3.05) is 20.2 Å². The largest absolute Gasteiger partial charge is 0.496 e. The summed E-state index contributed by atoms with van der Waals surface area (Å²) in [5.41, 5.74) is 0.292. The van der Waals surface area contributed by atoms with E-state index in [-0.39, 0.29) is 16.8 Å². The maximum Gasteiger partial charge on any atom is 0.255 e. The van der Waals surface area contributed by atoms with Gasteiger partial charge in [0.2, 0.25) is 10.0 Å². The molecular weight excluding hydrogens is 364 g/mol. The molecule has 7 heteroatoms. The van der Waals surface area contributed by atoms with Gasteiger partial charge >= 0.3 is 0 Å². The number of carbonyl (C=O) groups excluding carboxylic acids is 1. The number of hydrogen-bond donors (Lipinski definition) is 1. The fourth-order valence-corrected chi connectivity index (χ4v) is 5.51. The third-order valence-electron chi connectivity index (χ3n) is 5.56. The molecule has 1 heterocycles. The van der Waals surface area contributed by atoms with Crippen molar-refractivity contribution in [3.63, 3.8) is 0 Å². The summed E-state index contributed by atoms with van der Waals surface area (Å²) in [4.78, 5) is 13.1. The molecule has 0 aromatic heterocycles. The highest BCUT2D eigenvalue weighted by Gasteiger charge is 2.29. The maximum absolute atomic E-state index is 12.9. The number of nitrogens with one attached hydrogen (secondary N) is 1. The zero-order valence-corrected chi connectivity index (χ0v) is 16.9. The predicted molar refractivity (Wildman–Crippen MR) is 105 cm³/mol. The van der Waals surface area contributed by atoms with Crippen LogP contribution in [0.1, 0.15) is 68.1 Å². The molecule has 0 bridgehead atoms. The average molecular weight is 395 g/mol. The molecule has 2 fully saturated rings. The molecule has 1 amide bonds. The van der Waals surface area contributed by atoms with Crippen LogP contribution in [0.15, 0.2) is 23.1 Å². The van der Waals surface area contributed by atoms with Gasteiger partial charge in [-0.3, -0.25) is 4.79 Å². The minimum absolute atomic E-state index is 0.140. The number of nitrogens with zero attached hydrogens (tertiary/aromatic N) is 1. The molecule has 1 aliphatic heterocycles. The zero-order valence-electron chi connectivity index (χ0n) is 16.1. The molecule has 0 spiro atoms. The van der Waals surface area contributed by atoms with Crippen LogP contribution in [0.3, 0.4) is 0 Å². The van der Waals surface area contributed by atoms with Crippen molar-refractivity contribution >= 4 is 15.9 Å². The average Bonchev–Trinajstić information content (AvgIpc) is 3.18. The summed E-state index contributed by atoms with van der Waals surface area (Å²) in [5, 5.41) is 3.10. The molecule has 6 nitrogen and oxygen atoms in total. The first-order chi connectivity index (χ1) is 13.0. The molecular formula is C20H30N2O4S. The second-order valence-corrected chi connectivity index (χ2v) is 9.43. The van der Waals surface area contributed by atoms with Crippen molar-refractivity contribution in [1.29, 1.82) is 0 Å². The van der Waals surface area contributed by atoms with Crippen molar-refractivity contribution in [3.8, 4) is 5.75 Å². The number of sulfonamides is 1. The van der Waals surface area contributed by atoms with Crippen LogP contribution in [0.5, 0.6) is 5.75 Å². The molecule has 2 aliphatic rings. The minimum atomic E-state index is -3.57. The highest BCUT2D eigenvalue weighted by molar-refractivity contribution is 7.89. The predicted octanol–water partition coefficient (Wildman–Crippen LogP) is 3.32. The molecule has 27 heavy (non-hydrogen) atoms. The third kappa shape index (κ3) is 4.82. The van der Waals surface area contributed by atoms with Crippen LogP contribution < -0.4 is 10.1 Å². The lowest BCUT2D eigenvalue weighted by Crippen LogP contribution is -2.35. The monoisotopic (exact) mass is 394 g/mol. The summed E-state index contributed by atoms with van der Waals surface area (Å²) < 4.78 is 32.5. The van der Waals surface area contributed by atoms with Gasteiger partial charge in [0.25, 0.3) is 5.91 Å². The van der Waals surface area contributed by atoms with Gasteiger partial charge in [-0.25, -0.2) is 8.42 Å². The van der Waals surface area contributed by atoms with E-state index in [1.165, 1.54) is 42.8 Å². The lowest BCUT2D eigenvalue weighted by molar-refractivity contribution is 0.0927. The Kier molecular flexibility index (Phi) is 6.76. The molecule has 1 aromatic carbocycles. The minimum Gasteiger partial charge on any atom is -0.496 e. The van der Waals surface area contributed by atoms with Crippen molar-refractivity contribution in [2.45, 2.75) is 68.7 Å². The van der Waals surface area contributed by atoms with Crippen LogP contribution in [0, 0.1) is 0 Å². The number of ether oxygens (including phenoxy) is 1. The summed E-state index contributed by atoms with van der Waals surface area (Å²) in [6, 6.07) is 4.71. The summed E-state index contributed by atoms with van der Waals surface area (Å²) in [6.45, 7) is 1.08. The van der Waals surface area contributed by atoms with E-state index in [1.54, 1.807) is 6.07 Å². The van der Waals surface area contributed by atoms with Crippen molar-refractivity contribution in [1.82, 2.24) is 9.62 Å². The topological polar surface area (TPSA) is 75.7 Å². The Hall–Kier alpha value is -1.60. The van der Waals surface area contributed by atoms with Gasteiger partial charge in [0.05, 0.1) is 17.6 Å². The van der Waals surface area contributed by atoms with E-state index in [4.69, 9.17) is 4.74 Å². The number of amides is 1. The molecule has 0 atom stereocenters. The van der Waals surface area contributed by atoms with Gasteiger partial charge in [0, 0.05) is 19.1 Å². The Morgan fingerprint density at radius 3 is 2.30 bits per heavy atom. The highest BCUT2D eigenvalue weighted by atomic mass is 32.2. The lowest BCUT2D eigenvalue weighted by Gasteiger charge is -2.22. The zero-order chi connectivity index (χ0) is 19.3. The lowest BCUT2D eigenvalue weighted by atomic mass is 9.96. The Balaban J connectivity index is 1.81. The van der Waals surface area contributed by atoms with Crippen molar-refractivity contribution < 1.29 is 17.9 Å². The fourth-order valence-electron chi connectivity index (χ4n) is 3.97. The first kappa shape index (κ1) is 20.1. The second kappa shape index (κ2) is 9.06. The summed E-state index contributed by atoms with van der Waals surface area (Å²) in [7, 11) is -2.07. The van der Waals surface area contributed by atoms with E-state index >= 15 is 0 Å². The number of carbonyl (C=O) groups is 1. The van der Waals surface area contributed by atoms with Gasteiger partial charge in [-0.2, -0.15) is 4.31 Å². The van der Waals surface area contributed by atoms with Gasteiger partial charge in [0.1, 0.15) is 5.75 Å². The van der Waals surface area contributed by atoms with Gasteiger partial charge in [-0.05, 0) is 43.9 Å². The Labute approximate surface area is 162 Å². The number of hydrogen-bond acceptors (Lipinski definition) is 4.